The van der Waals surface area contributed by atoms with Crippen LogP contribution in [0.4, 0.5) is 14.4 Å². The molecule has 0 aromatic carbocycles. The van der Waals surface area contributed by atoms with Gasteiger partial charge >= 0.3 is 18.5 Å². The van der Waals surface area contributed by atoms with Crippen LogP contribution in [-0.2, 0) is 33.6 Å². The first kappa shape index (κ1) is 57.2. The Kier molecular flexibility index (Phi) is 157. The zero-order valence-corrected chi connectivity index (χ0v) is 9.66. The van der Waals surface area contributed by atoms with Gasteiger partial charge in [0.25, 0.3) is 0 Å². The van der Waals surface area contributed by atoms with Crippen LogP contribution < -0.4 is 0 Å². The van der Waals surface area contributed by atoms with Gasteiger partial charge < -0.3 is 47.1 Å². The number of carboxylic acid groups (broad SMARTS) is 6. The summed E-state index contributed by atoms with van der Waals surface area (Å²) in [6.45, 7) is 0. The third-order valence-corrected chi connectivity index (χ3v) is 0. The summed E-state index contributed by atoms with van der Waals surface area (Å²) in [5, 5.41) is 41.8. The van der Waals surface area contributed by atoms with Crippen molar-refractivity contribution in [3.05, 3.63) is 0 Å². The fourth-order valence-corrected chi connectivity index (χ4v) is 0. The number of carbonyl (C=O) groups is 3. The van der Waals surface area contributed by atoms with E-state index < -0.39 is 18.5 Å². The normalized spacial score (nSPS) is 4.24. The van der Waals surface area contributed by atoms with Crippen LogP contribution in [0.15, 0.2) is 0 Å². The molecule has 12 nitrogen and oxygen atoms in total. The van der Waals surface area contributed by atoms with Gasteiger partial charge in [-0.2, -0.15) is 0 Å². The average Bonchev–Trinajstić information content (AvgIpc) is 1.54. The largest absolute Gasteiger partial charge is 0.503 e. The van der Waals surface area contributed by atoms with E-state index in [0.717, 1.165) is 0 Å². The van der Waals surface area contributed by atoms with Gasteiger partial charge in [-0.3, -0.25) is 0 Å². The van der Waals surface area contributed by atoms with Gasteiger partial charge in [-0.25, -0.2) is 14.4 Å². The van der Waals surface area contributed by atoms with Crippen LogP contribution in [0.2, 0.25) is 0 Å². The predicted octanol–water partition coefficient (Wildman–Crippen LogP) is -1.81. The van der Waals surface area contributed by atoms with Crippen molar-refractivity contribution < 1.29 is 95.0 Å². The summed E-state index contributed by atoms with van der Waals surface area (Å²) in [4.78, 5) is 25.7. The van der Waals surface area contributed by atoms with Crippen LogP contribution in [0, 0.1) is 0 Å². The molecule has 0 saturated heterocycles. The van der Waals surface area contributed by atoms with Crippen molar-refractivity contribution in [2.24, 2.45) is 0 Å². The molecule has 0 atom stereocenters. The minimum atomic E-state index is -1.83. The summed E-state index contributed by atoms with van der Waals surface area (Å²) in [6, 6.07) is 0. The smallest absolute Gasteiger partial charge is 0.450 e. The molecule has 12 N–H and O–H groups in total. The Balaban J connectivity index is -0.0000000104. The standard InChI is InChI=1S/3CH2O3.2Co.3H2O/c3*2-1(3)4;;;;;/h3*(H2,2,3,4);;;3*1H2. The van der Waals surface area contributed by atoms with Crippen molar-refractivity contribution in [2.75, 3.05) is 0 Å². The molecule has 14 heteroatoms. The van der Waals surface area contributed by atoms with Crippen molar-refractivity contribution >= 4 is 18.5 Å². The predicted molar refractivity (Wildman–Crippen MR) is 42.8 cm³/mol. The Bertz CT molecular complexity index is 117. The maximum atomic E-state index is 8.56. The minimum Gasteiger partial charge on any atom is -0.450 e. The Labute approximate surface area is 114 Å². The van der Waals surface area contributed by atoms with Crippen molar-refractivity contribution in [3.8, 4) is 0 Å². The summed E-state index contributed by atoms with van der Waals surface area (Å²) < 4.78 is 0. The molecule has 0 aliphatic carbocycles. The summed E-state index contributed by atoms with van der Waals surface area (Å²) in [5.74, 6) is 0. The van der Waals surface area contributed by atoms with Gasteiger partial charge in [0.05, 0.1) is 0 Å². The average molecular weight is 358 g/mol. The molecule has 0 saturated carbocycles. The van der Waals surface area contributed by atoms with E-state index in [0.29, 0.717) is 0 Å². The molecule has 0 rings (SSSR count). The summed E-state index contributed by atoms with van der Waals surface area (Å²) >= 11 is 0. The first-order chi connectivity index (χ1) is 5.20. The van der Waals surface area contributed by atoms with Crippen molar-refractivity contribution in [1.82, 2.24) is 0 Å². The molecule has 0 aliphatic rings. The summed E-state index contributed by atoms with van der Waals surface area (Å²) in [7, 11) is 0. The van der Waals surface area contributed by atoms with E-state index in [9.17, 15) is 0 Å². The molecule has 0 heterocycles. The van der Waals surface area contributed by atoms with E-state index in [1.165, 1.54) is 0 Å². The molecule has 17 heavy (non-hydrogen) atoms. The zero-order chi connectivity index (χ0) is 10.7. The van der Waals surface area contributed by atoms with Crippen LogP contribution >= 0.6 is 0 Å². The fraction of sp³-hybridized carbons (Fsp3) is 0. The SMILES string of the molecule is O.O.O.O=C(O)O.O=C(O)O.O=C(O)O.[Co].[Co]. The third kappa shape index (κ3) is 1410. The van der Waals surface area contributed by atoms with Crippen LogP contribution in [0.3, 0.4) is 0 Å². The molecular weight excluding hydrogens is 346 g/mol. The molecule has 0 bridgehead atoms. The van der Waals surface area contributed by atoms with Gasteiger partial charge in [-0.05, 0) is 0 Å². The molecule has 0 fully saturated rings. The number of hydrogen-bond donors (Lipinski definition) is 6. The van der Waals surface area contributed by atoms with Gasteiger partial charge in [0.2, 0.25) is 0 Å². The Morgan fingerprint density at radius 1 is 0.471 bits per heavy atom. The Morgan fingerprint density at radius 2 is 0.471 bits per heavy atom. The van der Waals surface area contributed by atoms with Gasteiger partial charge in [0.1, 0.15) is 0 Å². The Morgan fingerprint density at radius 3 is 0.471 bits per heavy atom. The second kappa shape index (κ2) is 46.5. The van der Waals surface area contributed by atoms with E-state index in [4.69, 9.17) is 45.0 Å². The van der Waals surface area contributed by atoms with E-state index in [2.05, 4.69) is 0 Å². The van der Waals surface area contributed by atoms with Crippen molar-refractivity contribution in [2.45, 2.75) is 0 Å². The molecule has 0 aromatic rings. The van der Waals surface area contributed by atoms with Gasteiger partial charge in [-0.15, -0.1) is 0 Å². The molecule has 0 aromatic heterocycles. The van der Waals surface area contributed by atoms with E-state index in [1.807, 2.05) is 0 Å². The quantitative estimate of drug-likeness (QED) is 0.284. The monoisotopic (exact) mass is 358 g/mol. The van der Waals surface area contributed by atoms with E-state index in [-0.39, 0.29) is 50.0 Å². The second-order valence-corrected chi connectivity index (χ2v) is 0.848. The summed E-state index contributed by atoms with van der Waals surface area (Å²) in [5.41, 5.74) is 0. The molecule has 0 aliphatic heterocycles. The second-order valence-electron chi connectivity index (χ2n) is 0.848. The fourth-order valence-electron chi connectivity index (χ4n) is 0. The number of rotatable bonds is 0. The molecule has 0 amide bonds. The van der Waals surface area contributed by atoms with Crippen LogP contribution in [0.25, 0.3) is 0 Å². The van der Waals surface area contributed by atoms with E-state index in [1.54, 1.807) is 0 Å². The van der Waals surface area contributed by atoms with Crippen molar-refractivity contribution in [1.29, 1.82) is 0 Å². The summed E-state index contributed by atoms with van der Waals surface area (Å²) in [6.07, 6.45) is -5.50. The van der Waals surface area contributed by atoms with E-state index >= 15 is 0 Å². The molecular formula is C3H12Co2O12. The van der Waals surface area contributed by atoms with Gasteiger partial charge in [0, 0.05) is 33.6 Å². The zero-order valence-electron chi connectivity index (χ0n) is 7.57. The third-order valence-electron chi connectivity index (χ3n) is 0. The first-order valence-electron chi connectivity index (χ1n) is 1.95. The Hall–Kier alpha value is -1.30. The van der Waals surface area contributed by atoms with Gasteiger partial charge in [0.15, 0.2) is 0 Å². The molecule has 114 valence electrons. The molecule has 0 spiro atoms. The maximum Gasteiger partial charge on any atom is 0.503 e. The molecule has 0 unspecified atom stereocenters. The van der Waals surface area contributed by atoms with Gasteiger partial charge in [-0.1, -0.05) is 0 Å². The maximum absolute atomic E-state index is 8.56. The number of hydrogen-bond acceptors (Lipinski definition) is 3. The first-order valence-corrected chi connectivity index (χ1v) is 1.95. The van der Waals surface area contributed by atoms with Crippen LogP contribution in [-0.4, -0.2) is 65.5 Å². The molecule has 2 radical (unpaired) electrons. The van der Waals surface area contributed by atoms with Crippen molar-refractivity contribution in [3.63, 3.8) is 0 Å². The van der Waals surface area contributed by atoms with Crippen LogP contribution in [0.1, 0.15) is 0 Å². The topological polar surface area (TPSA) is 267 Å². The van der Waals surface area contributed by atoms with Crippen LogP contribution in [0.5, 0.6) is 0 Å². The minimum absolute atomic E-state index is 0.